The van der Waals surface area contributed by atoms with E-state index in [0.29, 0.717) is 17.4 Å². The third kappa shape index (κ3) is 3.96. The van der Waals surface area contributed by atoms with Gasteiger partial charge in [0.25, 0.3) is 5.91 Å². The number of carbonyl (C=O) groups excluding carboxylic acids is 1. The molecule has 0 aliphatic carbocycles. The number of carbonyl (C=O) groups is 1. The Morgan fingerprint density at radius 1 is 1.25 bits per heavy atom. The van der Waals surface area contributed by atoms with Crippen LogP contribution in [0.1, 0.15) is 21.9 Å². The van der Waals surface area contributed by atoms with Crippen LogP contribution in [0, 0.1) is 0 Å². The minimum Gasteiger partial charge on any atom is -0.497 e. The number of aromatic nitrogens is 5. The molecule has 9 heteroatoms. The number of nitrogens with zero attached hydrogens (tertiary/aromatic N) is 4. The smallest absolute Gasteiger partial charge is 0.273 e. The topological polar surface area (TPSA) is 97.7 Å². The molecule has 0 radical (unpaired) electrons. The van der Waals surface area contributed by atoms with Gasteiger partial charge in [0.1, 0.15) is 11.6 Å². The summed E-state index contributed by atoms with van der Waals surface area (Å²) in [6.07, 6.45) is 1.60. The van der Waals surface area contributed by atoms with E-state index in [-0.39, 0.29) is 18.1 Å². The molecule has 4 aromatic rings. The lowest BCUT2D eigenvalue weighted by Gasteiger charge is -2.01. The summed E-state index contributed by atoms with van der Waals surface area (Å²) in [5, 5.41) is 11.4. The Balaban J connectivity index is 1.38. The Hall–Kier alpha value is -3.39. The SMILES string of the molecule is COc1ccc2nc(CNC(=O)c3cn(Cc4ccc(Cl)cc4)nn3)[nH]c2c1. The van der Waals surface area contributed by atoms with E-state index in [2.05, 4.69) is 25.6 Å². The fourth-order valence-corrected chi connectivity index (χ4v) is 2.89. The van der Waals surface area contributed by atoms with E-state index in [9.17, 15) is 4.79 Å². The predicted molar refractivity (Wildman–Crippen MR) is 104 cm³/mol. The van der Waals surface area contributed by atoms with Gasteiger partial charge in [0.05, 0.1) is 37.4 Å². The number of aromatic amines is 1. The number of hydrogen-bond donors (Lipinski definition) is 2. The number of hydrogen-bond acceptors (Lipinski definition) is 5. The molecule has 0 aliphatic rings. The van der Waals surface area contributed by atoms with Crippen LogP contribution >= 0.6 is 11.6 Å². The number of H-pyrrole nitrogens is 1. The number of halogens is 1. The fourth-order valence-electron chi connectivity index (χ4n) is 2.76. The van der Waals surface area contributed by atoms with Crippen LogP contribution in [0.4, 0.5) is 0 Å². The van der Waals surface area contributed by atoms with Crippen LogP contribution in [0.5, 0.6) is 5.75 Å². The number of ether oxygens (including phenoxy) is 1. The van der Waals surface area contributed by atoms with Gasteiger partial charge in [-0.25, -0.2) is 9.67 Å². The van der Waals surface area contributed by atoms with E-state index in [1.165, 1.54) is 0 Å². The highest BCUT2D eigenvalue weighted by atomic mass is 35.5. The first-order valence-electron chi connectivity index (χ1n) is 8.56. The van der Waals surface area contributed by atoms with Crippen molar-refractivity contribution in [2.45, 2.75) is 13.1 Å². The maximum atomic E-state index is 12.3. The van der Waals surface area contributed by atoms with Crippen molar-refractivity contribution in [2.24, 2.45) is 0 Å². The Labute approximate surface area is 165 Å². The number of nitrogens with one attached hydrogen (secondary N) is 2. The van der Waals surface area contributed by atoms with Gasteiger partial charge in [-0.15, -0.1) is 5.10 Å². The van der Waals surface area contributed by atoms with Crippen molar-refractivity contribution in [3.05, 3.63) is 70.8 Å². The first kappa shape index (κ1) is 18.0. The molecule has 0 bridgehead atoms. The van der Waals surface area contributed by atoms with Crippen LogP contribution in [0.25, 0.3) is 11.0 Å². The molecule has 2 aromatic heterocycles. The van der Waals surface area contributed by atoms with Crippen LogP contribution in [0.2, 0.25) is 5.02 Å². The molecule has 2 N–H and O–H groups in total. The van der Waals surface area contributed by atoms with Crippen LogP contribution in [-0.4, -0.2) is 38.0 Å². The molecule has 0 aliphatic heterocycles. The molecule has 0 atom stereocenters. The molecule has 0 fully saturated rings. The number of amides is 1. The molecule has 0 unspecified atom stereocenters. The van der Waals surface area contributed by atoms with E-state index in [4.69, 9.17) is 16.3 Å². The summed E-state index contributed by atoms with van der Waals surface area (Å²) < 4.78 is 6.80. The standard InChI is InChI=1S/C19H17ClN6O2/c1-28-14-6-7-15-16(8-14)23-18(22-15)9-21-19(27)17-11-26(25-24-17)10-12-2-4-13(20)5-3-12/h2-8,11H,9-10H2,1H3,(H,21,27)(H,22,23). The van der Waals surface area contributed by atoms with Crippen LogP contribution in [-0.2, 0) is 13.1 Å². The maximum absolute atomic E-state index is 12.3. The lowest BCUT2D eigenvalue weighted by Crippen LogP contribution is -2.23. The summed E-state index contributed by atoms with van der Waals surface area (Å²) in [6, 6.07) is 13.0. The number of imidazole rings is 1. The van der Waals surface area contributed by atoms with Crippen molar-refractivity contribution in [3.8, 4) is 5.75 Å². The number of benzene rings is 2. The molecule has 28 heavy (non-hydrogen) atoms. The van der Waals surface area contributed by atoms with Gasteiger partial charge in [-0.05, 0) is 29.8 Å². The van der Waals surface area contributed by atoms with Crippen molar-refractivity contribution < 1.29 is 9.53 Å². The molecule has 0 saturated carbocycles. The van der Waals surface area contributed by atoms with E-state index >= 15 is 0 Å². The minimum absolute atomic E-state index is 0.242. The summed E-state index contributed by atoms with van der Waals surface area (Å²) >= 11 is 5.88. The largest absolute Gasteiger partial charge is 0.497 e. The summed E-state index contributed by atoms with van der Waals surface area (Å²) in [6.45, 7) is 0.753. The summed E-state index contributed by atoms with van der Waals surface area (Å²) in [5.74, 6) is 1.06. The molecule has 0 saturated heterocycles. The average molecular weight is 397 g/mol. The highest BCUT2D eigenvalue weighted by molar-refractivity contribution is 6.30. The molecule has 142 valence electrons. The summed E-state index contributed by atoms with van der Waals surface area (Å²) in [5.41, 5.74) is 2.90. The van der Waals surface area contributed by atoms with E-state index < -0.39 is 0 Å². The van der Waals surface area contributed by atoms with Crippen molar-refractivity contribution in [1.29, 1.82) is 0 Å². The van der Waals surface area contributed by atoms with Crippen molar-refractivity contribution >= 4 is 28.5 Å². The predicted octanol–water partition coefficient (Wildman–Crippen LogP) is 2.79. The van der Waals surface area contributed by atoms with E-state index in [1.807, 2.05) is 42.5 Å². The average Bonchev–Trinajstić information content (AvgIpc) is 3.34. The molecular formula is C19H17ClN6O2. The lowest BCUT2D eigenvalue weighted by molar-refractivity contribution is 0.0945. The monoisotopic (exact) mass is 396 g/mol. The lowest BCUT2D eigenvalue weighted by atomic mass is 10.2. The second-order valence-electron chi connectivity index (χ2n) is 6.18. The third-order valence-corrected chi connectivity index (χ3v) is 4.44. The zero-order valence-corrected chi connectivity index (χ0v) is 15.8. The van der Waals surface area contributed by atoms with Gasteiger partial charge >= 0.3 is 0 Å². The zero-order chi connectivity index (χ0) is 19.5. The Morgan fingerprint density at radius 3 is 2.86 bits per heavy atom. The summed E-state index contributed by atoms with van der Waals surface area (Å²) in [4.78, 5) is 19.9. The second kappa shape index (κ2) is 7.69. The fraction of sp³-hybridized carbons (Fsp3) is 0.158. The minimum atomic E-state index is -0.319. The molecule has 2 heterocycles. The quantitative estimate of drug-likeness (QED) is 0.522. The number of methoxy groups -OCH3 is 1. The first-order valence-corrected chi connectivity index (χ1v) is 8.94. The Kier molecular flexibility index (Phi) is 4.94. The third-order valence-electron chi connectivity index (χ3n) is 4.18. The molecule has 0 spiro atoms. The Morgan fingerprint density at radius 2 is 2.07 bits per heavy atom. The van der Waals surface area contributed by atoms with Gasteiger partial charge in [-0.1, -0.05) is 28.9 Å². The van der Waals surface area contributed by atoms with Crippen LogP contribution in [0.15, 0.2) is 48.7 Å². The molecular weight excluding hydrogens is 380 g/mol. The maximum Gasteiger partial charge on any atom is 0.273 e. The van der Waals surface area contributed by atoms with Crippen molar-refractivity contribution in [2.75, 3.05) is 7.11 Å². The van der Waals surface area contributed by atoms with Gasteiger partial charge in [-0.3, -0.25) is 4.79 Å². The zero-order valence-electron chi connectivity index (χ0n) is 15.0. The molecule has 2 aromatic carbocycles. The highest BCUT2D eigenvalue weighted by Crippen LogP contribution is 2.18. The highest BCUT2D eigenvalue weighted by Gasteiger charge is 2.12. The normalized spacial score (nSPS) is 10.9. The molecule has 1 amide bonds. The molecule has 8 nitrogen and oxygen atoms in total. The van der Waals surface area contributed by atoms with Crippen LogP contribution < -0.4 is 10.1 Å². The molecule has 4 rings (SSSR count). The second-order valence-corrected chi connectivity index (χ2v) is 6.61. The summed E-state index contributed by atoms with van der Waals surface area (Å²) in [7, 11) is 1.61. The van der Waals surface area contributed by atoms with Crippen molar-refractivity contribution in [3.63, 3.8) is 0 Å². The van der Waals surface area contributed by atoms with Gasteiger partial charge in [-0.2, -0.15) is 0 Å². The van der Waals surface area contributed by atoms with Gasteiger partial charge < -0.3 is 15.0 Å². The Bertz CT molecular complexity index is 1120. The van der Waals surface area contributed by atoms with Gasteiger partial charge in [0.15, 0.2) is 5.69 Å². The first-order chi connectivity index (χ1) is 13.6. The number of fused-ring (bicyclic) bond motifs is 1. The van der Waals surface area contributed by atoms with E-state index in [1.54, 1.807) is 18.0 Å². The van der Waals surface area contributed by atoms with E-state index in [0.717, 1.165) is 22.3 Å². The van der Waals surface area contributed by atoms with Crippen molar-refractivity contribution in [1.82, 2.24) is 30.3 Å². The van der Waals surface area contributed by atoms with Gasteiger partial charge in [0, 0.05) is 11.1 Å². The van der Waals surface area contributed by atoms with Crippen LogP contribution in [0.3, 0.4) is 0 Å². The number of rotatable bonds is 6. The van der Waals surface area contributed by atoms with Gasteiger partial charge in [0.2, 0.25) is 0 Å².